The Morgan fingerprint density at radius 3 is 3.06 bits per heavy atom. The van der Waals surface area contributed by atoms with Crippen molar-refractivity contribution < 1.29 is 0 Å². The minimum atomic E-state index is 0.649. The number of aryl methyl sites for hydroxylation is 3. The van der Waals surface area contributed by atoms with Gasteiger partial charge in [0, 0.05) is 54.9 Å². The van der Waals surface area contributed by atoms with E-state index in [9.17, 15) is 0 Å². The molecule has 1 aliphatic heterocycles. The molecule has 2 aromatic rings. The zero-order valence-electron chi connectivity index (χ0n) is 9.89. The second-order valence-electron chi connectivity index (χ2n) is 4.50. The largest absolute Gasteiger partial charge is 0.334 e. The van der Waals surface area contributed by atoms with Crippen LogP contribution in [0.25, 0.3) is 0 Å². The lowest BCUT2D eigenvalue weighted by Crippen LogP contribution is -2.40. The van der Waals surface area contributed by atoms with Crippen molar-refractivity contribution in [1.82, 2.24) is 19.9 Å². The first kappa shape index (κ1) is 10.9. The summed E-state index contributed by atoms with van der Waals surface area (Å²) in [7, 11) is 0. The highest BCUT2D eigenvalue weighted by Gasteiger charge is 2.22. The van der Waals surface area contributed by atoms with Crippen molar-refractivity contribution in [2.75, 3.05) is 13.1 Å². The van der Waals surface area contributed by atoms with E-state index >= 15 is 0 Å². The molecule has 0 radical (unpaired) electrons. The third-order valence-electron chi connectivity index (χ3n) is 3.18. The average molecular weight is 248 g/mol. The van der Waals surface area contributed by atoms with E-state index in [1.807, 2.05) is 19.4 Å². The normalized spacial score (nSPS) is 16.1. The van der Waals surface area contributed by atoms with Gasteiger partial charge in [-0.1, -0.05) is 0 Å². The fourth-order valence-corrected chi connectivity index (χ4v) is 2.85. The molecule has 5 heteroatoms. The summed E-state index contributed by atoms with van der Waals surface area (Å²) in [4.78, 5) is 8.75. The molecule has 4 nitrogen and oxygen atoms in total. The molecule has 0 atom stereocenters. The standard InChI is InChI=1S/C12H16N4S/c1-9-7-17-12(15-9)2-3-16-8-14-6-11(16)10-4-13-5-10/h6-8,10,13H,2-5H2,1H3. The summed E-state index contributed by atoms with van der Waals surface area (Å²) in [6.07, 6.45) is 4.94. The van der Waals surface area contributed by atoms with E-state index < -0.39 is 0 Å². The minimum absolute atomic E-state index is 0.649. The number of hydrogen-bond acceptors (Lipinski definition) is 4. The van der Waals surface area contributed by atoms with Crippen molar-refractivity contribution in [3.63, 3.8) is 0 Å². The van der Waals surface area contributed by atoms with Gasteiger partial charge < -0.3 is 9.88 Å². The SMILES string of the molecule is Cc1csc(CCn2cncc2C2CNC2)n1. The summed E-state index contributed by atoms with van der Waals surface area (Å²) >= 11 is 1.75. The predicted molar refractivity (Wildman–Crippen MR) is 68.4 cm³/mol. The molecule has 2 aromatic heterocycles. The first-order valence-corrected chi connectivity index (χ1v) is 6.82. The van der Waals surface area contributed by atoms with Crippen LogP contribution in [0, 0.1) is 6.92 Å². The van der Waals surface area contributed by atoms with E-state index in [-0.39, 0.29) is 0 Å². The van der Waals surface area contributed by atoms with Crippen LogP contribution >= 0.6 is 11.3 Å². The molecule has 0 amide bonds. The summed E-state index contributed by atoms with van der Waals surface area (Å²) in [6.45, 7) is 5.20. The van der Waals surface area contributed by atoms with Crippen LogP contribution in [0.4, 0.5) is 0 Å². The fourth-order valence-electron chi connectivity index (χ4n) is 2.09. The number of thiazole rings is 1. The van der Waals surface area contributed by atoms with Crippen LogP contribution < -0.4 is 5.32 Å². The Hall–Kier alpha value is -1.20. The quantitative estimate of drug-likeness (QED) is 0.893. The highest BCUT2D eigenvalue weighted by atomic mass is 32.1. The second kappa shape index (κ2) is 4.58. The molecule has 90 valence electrons. The van der Waals surface area contributed by atoms with Gasteiger partial charge in [0.2, 0.25) is 0 Å². The van der Waals surface area contributed by atoms with E-state index in [0.29, 0.717) is 5.92 Å². The van der Waals surface area contributed by atoms with Gasteiger partial charge in [-0.25, -0.2) is 9.97 Å². The third-order valence-corrected chi connectivity index (χ3v) is 4.20. The topological polar surface area (TPSA) is 42.7 Å². The van der Waals surface area contributed by atoms with Gasteiger partial charge >= 0.3 is 0 Å². The lowest BCUT2D eigenvalue weighted by Gasteiger charge is -2.27. The number of rotatable bonds is 4. The smallest absolute Gasteiger partial charge is 0.0948 e. The maximum absolute atomic E-state index is 4.49. The van der Waals surface area contributed by atoms with Gasteiger partial charge in [-0.3, -0.25) is 0 Å². The molecule has 0 bridgehead atoms. The Labute approximate surface area is 105 Å². The Bertz CT molecular complexity index is 498. The molecular formula is C12H16N4S. The first-order chi connectivity index (χ1) is 8.33. The third kappa shape index (κ3) is 2.25. The Balaban J connectivity index is 1.66. The lowest BCUT2D eigenvalue weighted by molar-refractivity contribution is 0.423. The summed E-state index contributed by atoms with van der Waals surface area (Å²) in [5, 5.41) is 6.63. The summed E-state index contributed by atoms with van der Waals surface area (Å²) in [6, 6.07) is 0. The summed E-state index contributed by atoms with van der Waals surface area (Å²) < 4.78 is 2.27. The zero-order chi connectivity index (χ0) is 11.7. The number of nitrogens with zero attached hydrogens (tertiary/aromatic N) is 3. The molecule has 0 unspecified atom stereocenters. The highest BCUT2D eigenvalue weighted by molar-refractivity contribution is 7.09. The highest BCUT2D eigenvalue weighted by Crippen LogP contribution is 2.20. The number of hydrogen-bond donors (Lipinski definition) is 1. The first-order valence-electron chi connectivity index (χ1n) is 5.94. The van der Waals surface area contributed by atoms with Crippen molar-refractivity contribution in [3.05, 3.63) is 34.3 Å². The van der Waals surface area contributed by atoms with Gasteiger partial charge in [-0.15, -0.1) is 11.3 Å². The fraction of sp³-hybridized carbons (Fsp3) is 0.500. The molecule has 1 aliphatic rings. The molecule has 1 N–H and O–H groups in total. The van der Waals surface area contributed by atoms with E-state index in [4.69, 9.17) is 0 Å². The van der Waals surface area contributed by atoms with Crippen LogP contribution in [-0.4, -0.2) is 27.6 Å². The van der Waals surface area contributed by atoms with Crippen molar-refractivity contribution in [2.24, 2.45) is 0 Å². The lowest BCUT2D eigenvalue weighted by atomic mass is 10.00. The predicted octanol–water partition coefficient (Wildman–Crippen LogP) is 1.58. The molecule has 3 rings (SSSR count). The Morgan fingerprint density at radius 1 is 1.53 bits per heavy atom. The van der Waals surface area contributed by atoms with Crippen LogP contribution in [0.1, 0.15) is 22.3 Å². The van der Waals surface area contributed by atoms with Gasteiger partial charge in [0.15, 0.2) is 0 Å². The van der Waals surface area contributed by atoms with Crippen molar-refractivity contribution in [2.45, 2.75) is 25.8 Å². The molecule has 0 aliphatic carbocycles. The summed E-state index contributed by atoms with van der Waals surface area (Å²) in [5.74, 6) is 0.649. The monoisotopic (exact) mass is 248 g/mol. The maximum Gasteiger partial charge on any atom is 0.0948 e. The number of imidazole rings is 1. The van der Waals surface area contributed by atoms with E-state index in [2.05, 4.69) is 25.2 Å². The Morgan fingerprint density at radius 2 is 2.41 bits per heavy atom. The van der Waals surface area contributed by atoms with E-state index in [0.717, 1.165) is 31.7 Å². The molecule has 17 heavy (non-hydrogen) atoms. The van der Waals surface area contributed by atoms with E-state index in [1.54, 1.807) is 11.3 Å². The maximum atomic E-state index is 4.49. The van der Waals surface area contributed by atoms with Crippen LogP contribution in [0.5, 0.6) is 0 Å². The van der Waals surface area contributed by atoms with Crippen LogP contribution in [0.2, 0.25) is 0 Å². The van der Waals surface area contributed by atoms with Gasteiger partial charge in [-0.05, 0) is 6.92 Å². The molecule has 1 saturated heterocycles. The number of aromatic nitrogens is 3. The molecule has 0 saturated carbocycles. The van der Waals surface area contributed by atoms with Gasteiger partial charge in [0.25, 0.3) is 0 Å². The van der Waals surface area contributed by atoms with Gasteiger partial charge in [0.1, 0.15) is 0 Å². The summed E-state index contributed by atoms with van der Waals surface area (Å²) in [5.41, 5.74) is 2.48. The van der Waals surface area contributed by atoms with Gasteiger partial charge in [0.05, 0.1) is 11.3 Å². The molecule has 0 spiro atoms. The van der Waals surface area contributed by atoms with Crippen molar-refractivity contribution >= 4 is 11.3 Å². The minimum Gasteiger partial charge on any atom is -0.334 e. The van der Waals surface area contributed by atoms with Crippen LogP contribution in [0.15, 0.2) is 17.9 Å². The molecule has 1 fully saturated rings. The van der Waals surface area contributed by atoms with Crippen LogP contribution in [0.3, 0.4) is 0 Å². The average Bonchev–Trinajstić information content (AvgIpc) is 2.82. The Kier molecular flexibility index (Phi) is 2.94. The molecular weight excluding hydrogens is 232 g/mol. The van der Waals surface area contributed by atoms with Crippen molar-refractivity contribution in [3.8, 4) is 0 Å². The van der Waals surface area contributed by atoms with Gasteiger partial charge in [-0.2, -0.15) is 0 Å². The zero-order valence-corrected chi connectivity index (χ0v) is 10.7. The van der Waals surface area contributed by atoms with Crippen LogP contribution in [-0.2, 0) is 13.0 Å². The number of nitrogens with one attached hydrogen (secondary N) is 1. The van der Waals surface area contributed by atoms with Crippen molar-refractivity contribution in [1.29, 1.82) is 0 Å². The second-order valence-corrected chi connectivity index (χ2v) is 5.44. The molecule has 3 heterocycles. The molecule has 0 aromatic carbocycles. The van der Waals surface area contributed by atoms with E-state index in [1.165, 1.54) is 10.7 Å².